The molecule has 0 aliphatic heterocycles. The zero-order chi connectivity index (χ0) is 14.1. The van der Waals surface area contributed by atoms with Crippen molar-refractivity contribution in [3.63, 3.8) is 0 Å². The highest BCUT2D eigenvalue weighted by atomic mass is 19.1. The van der Waals surface area contributed by atoms with Gasteiger partial charge in [0, 0.05) is 12.6 Å². The van der Waals surface area contributed by atoms with Gasteiger partial charge in [-0.1, -0.05) is 0 Å². The third-order valence-corrected chi connectivity index (χ3v) is 2.96. The molecule has 0 aromatic heterocycles. The number of carboxylic acid groups (broad SMARTS) is 1. The van der Waals surface area contributed by atoms with Gasteiger partial charge in [-0.25, -0.2) is 9.18 Å². The molecule has 3 N–H and O–H groups in total. The van der Waals surface area contributed by atoms with E-state index >= 15 is 0 Å². The summed E-state index contributed by atoms with van der Waals surface area (Å²) in [5.74, 6) is -2.51. The highest BCUT2D eigenvalue weighted by Crippen LogP contribution is 2.26. The molecule has 6 heteroatoms. The molecule has 0 atom stereocenters. The minimum absolute atomic E-state index is 0.0396. The number of likely N-dealkylation sites (N-methyl/N-ethyl adjacent to an activating group) is 1. The van der Waals surface area contributed by atoms with E-state index in [1.54, 1.807) is 0 Å². The van der Waals surface area contributed by atoms with Crippen LogP contribution >= 0.6 is 0 Å². The van der Waals surface area contributed by atoms with Gasteiger partial charge in [0.25, 0.3) is 0 Å². The third-order valence-electron chi connectivity index (χ3n) is 2.96. The number of primary amides is 1. The molecular formula is C12H15FN2O3. The molecule has 1 aromatic carbocycles. The largest absolute Gasteiger partial charge is 0.480 e. The molecule has 0 bridgehead atoms. The number of nitrogens with two attached hydrogens (primary N) is 1. The molecule has 18 heavy (non-hydrogen) atoms. The van der Waals surface area contributed by atoms with E-state index < -0.39 is 23.2 Å². The molecule has 0 fully saturated rings. The quantitative estimate of drug-likeness (QED) is 0.846. The predicted molar refractivity (Wildman–Crippen MR) is 65.0 cm³/mol. The van der Waals surface area contributed by atoms with Crippen LogP contribution in [0.25, 0.3) is 0 Å². The van der Waals surface area contributed by atoms with Gasteiger partial charge in [-0.05, 0) is 32.0 Å². The summed E-state index contributed by atoms with van der Waals surface area (Å²) in [4.78, 5) is 23.3. The Morgan fingerprint density at radius 1 is 1.39 bits per heavy atom. The van der Waals surface area contributed by atoms with Gasteiger partial charge in [0.05, 0.1) is 5.69 Å². The van der Waals surface area contributed by atoms with Crippen molar-refractivity contribution in [1.29, 1.82) is 0 Å². The molecule has 1 aromatic rings. The van der Waals surface area contributed by atoms with Gasteiger partial charge in [-0.15, -0.1) is 0 Å². The molecule has 5 nitrogen and oxygen atoms in total. The van der Waals surface area contributed by atoms with Crippen LogP contribution < -0.4 is 10.6 Å². The van der Waals surface area contributed by atoms with E-state index in [1.165, 1.54) is 37.9 Å². The van der Waals surface area contributed by atoms with Gasteiger partial charge in [-0.2, -0.15) is 0 Å². The van der Waals surface area contributed by atoms with E-state index in [0.29, 0.717) is 0 Å². The lowest BCUT2D eigenvalue weighted by molar-refractivity contribution is -0.142. The molecule has 0 saturated heterocycles. The van der Waals surface area contributed by atoms with Crippen molar-refractivity contribution in [2.45, 2.75) is 19.4 Å². The van der Waals surface area contributed by atoms with E-state index in [9.17, 15) is 14.0 Å². The van der Waals surface area contributed by atoms with Crippen LogP contribution in [-0.4, -0.2) is 29.6 Å². The number of nitrogens with zero attached hydrogens (tertiary/aromatic N) is 1. The fourth-order valence-corrected chi connectivity index (χ4v) is 1.38. The summed E-state index contributed by atoms with van der Waals surface area (Å²) in [6.07, 6.45) is 0. The van der Waals surface area contributed by atoms with E-state index in [1.807, 2.05) is 0 Å². The summed E-state index contributed by atoms with van der Waals surface area (Å²) in [7, 11) is 1.47. The summed E-state index contributed by atoms with van der Waals surface area (Å²) in [5, 5.41) is 9.07. The van der Waals surface area contributed by atoms with Gasteiger partial charge in [0.2, 0.25) is 5.91 Å². The third kappa shape index (κ3) is 2.42. The Labute approximate surface area is 104 Å². The molecule has 1 amide bonds. The Balaban J connectivity index is 3.19. The number of amides is 1. The number of benzene rings is 1. The van der Waals surface area contributed by atoms with Crippen LogP contribution in [0.1, 0.15) is 24.2 Å². The van der Waals surface area contributed by atoms with Crippen LogP contribution in [0.15, 0.2) is 18.2 Å². The number of carbonyl (C=O) groups is 2. The second-order valence-electron chi connectivity index (χ2n) is 4.45. The lowest BCUT2D eigenvalue weighted by Crippen LogP contribution is -2.48. The number of hydrogen-bond donors (Lipinski definition) is 2. The van der Waals surface area contributed by atoms with Gasteiger partial charge < -0.3 is 15.7 Å². The molecule has 0 saturated carbocycles. The zero-order valence-electron chi connectivity index (χ0n) is 10.4. The topological polar surface area (TPSA) is 83.6 Å². The van der Waals surface area contributed by atoms with Gasteiger partial charge in [-0.3, -0.25) is 4.79 Å². The van der Waals surface area contributed by atoms with Crippen LogP contribution in [0.2, 0.25) is 0 Å². The Kier molecular flexibility index (Phi) is 3.59. The average Bonchev–Trinajstić information content (AvgIpc) is 2.27. The van der Waals surface area contributed by atoms with Crippen molar-refractivity contribution >= 4 is 17.6 Å². The van der Waals surface area contributed by atoms with E-state index in [-0.39, 0.29) is 11.3 Å². The first-order valence-electron chi connectivity index (χ1n) is 5.24. The van der Waals surface area contributed by atoms with Crippen molar-refractivity contribution in [2.24, 2.45) is 5.73 Å². The molecule has 0 spiro atoms. The lowest BCUT2D eigenvalue weighted by atomic mass is 10.0. The number of halogens is 1. The maximum atomic E-state index is 13.8. The first-order chi connectivity index (χ1) is 8.17. The Morgan fingerprint density at radius 2 is 1.94 bits per heavy atom. The normalized spacial score (nSPS) is 11.1. The molecule has 0 unspecified atom stereocenters. The molecule has 0 heterocycles. The maximum Gasteiger partial charge on any atom is 0.328 e. The van der Waals surface area contributed by atoms with E-state index in [0.717, 1.165) is 6.07 Å². The molecule has 0 aliphatic carbocycles. The second-order valence-corrected chi connectivity index (χ2v) is 4.45. The van der Waals surface area contributed by atoms with Crippen LogP contribution in [0.4, 0.5) is 10.1 Å². The van der Waals surface area contributed by atoms with Crippen molar-refractivity contribution in [1.82, 2.24) is 0 Å². The van der Waals surface area contributed by atoms with Crippen molar-refractivity contribution < 1.29 is 19.1 Å². The summed E-state index contributed by atoms with van der Waals surface area (Å²) in [6.45, 7) is 2.91. The summed E-state index contributed by atoms with van der Waals surface area (Å²) in [6, 6.07) is 3.68. The van der Waals surface area contributed by atoms with E-state index in [4.69, 9.17) is 10.8 Å². The Hall–Kier alpha value is -2.11. The highest BCUT2D eigenvalue weighted by molar-refractivity contribution is 5.93. The zero-order valence-corrected chi connectivity index (χ0v) is 10.4. The van der Waals surface area contributed by atoms with Crippen LogP contribution in [0.5, 0.6) is 0 Å². The molecular weight excluding hydrogens is 239 g/mol. The summed E-state index contributed by atoms with van der Waals surface area (Å²) in [5.41, 5.74) is 3.89. The number of aliphatic carboxylic acids is 1. The van der Waals surface area contributed by atoms with Crippen LogP contribution in [-0.2, 0) is 4.79 Å². The molecule has 1 rings (SSSR count). The number of carboxylic acids is 1. The minimum atomic E-state index is -1.27. The van der Waals surface area contributed by atoms with E-state index in [2.05, 4.69) is 0 Å². The number of rotatable bonds is 4. The smallest absolute Gasteiger partial charge is 0.328 e. The first kappa shape index (κ1) is 14.0. The SMILES string of the molecule is CN(c1ccc(C(N)=O)cc1F)C(C)(C)C(=O)O. The molecule has 0 radical (unpaired) electrons. The summed E-state index contributed by atoms with van der Waals surface area (Å²) < 4.78 is 13.8. The van der Waals surface area contributed by atoms with Gasteiger partial charge in [0.1, 0.15) is 11.4 Å². The average molecular weight is 254 g/mol. The standard InChI is InChI=1S/C12H15FN2O3/c1-12(2,11(17)18)15(3)9-5-4-7(10(14)16)6-8(9)13/h4-6H,1-3H3,(H2,14,16)(H,17,18). The highest BCUT2D eigenvalue weighted by Gasteiger charge is 2.33. The number of hydrogen-bond acceptors (Lipinski definition) is 3. The van der Waals surface area contributed by atoms with Crippen LogP contribution in [0, 0.1) is 5.82 Å². The Morgan fingerprint density at radius 3 is 2.33 bits per heavy atom. The van der Waals surface area contributed by atoms with Gasteiger partial charge in [0.15, 0.2) is 0 Å². The molecule has 0 aliphatic rings. The monoisotopic (exact) mass is 254 g/mol. The van der Waals surface area contributed by atoms with Crippen molar-refractivity contribution in [3.05, 3.63) is 29.6 Å². The fourth-order valence-electron chi connectivity index (χ4n) is 1.38. The number of anilines is 1. The number of carbonyl (C=O) groups excluding carboxylic acids is 1. The van der Waals surface area contributed by atoms with Crippen molar-refractivity contribution in [2.75, 3.05) is 11.9 Å². The van der Waals surface area contributed by atoms with Crippen molar-refractivity contribution in [3.8, 4) is 0 Å². The molecule has 98 valence electrons. The van der Waals surface area contributed by atoms with Crippen LogP contribution in [0.3, 0.4) is 0 Å². The summed E-state index contributed by atoms with van der Waals surface area (Å²) >= 11 is 0. The minimum Gasteiger partial charge on any atom is -0.480 e. The Bertz CT molecular complexity index is 500. The maximum absolute atomic E-state index is 13.8. The first-order valence-corrected chi connectivity index (χ1v) is 5.24. The fraction of sp³-hybridized carbons (Fsp3) is 0.333. The predicted octanol–water partition coefficient (Wildman–Crippen LogP) is 1.22. The second kappa shape index (κ2) is 4.64. The van der Waals surface area contributed by atoms with Gasteiger partial charge >= 0.3 is 5.97 Å². The lowest BCUT2D eigenvalue weighted by Gasteiger charge is -2.33.